The summed E-state index contributed by atoms with van der Waals surface area (Å²) in [5.41, 5.74) is 1.51. The first kappa shape index (κ1) is 21.9. The van der Waals surface area contributed by atoms with Gasteiger partial charge in [0.15, 0.2) is 18.1 Å². The maximum absolute atomic E-state index is 12.1. The Labute approximate surface area is 190 Å². The van der Waals surface area contributed by atoms with Crippen molar-refractivity contribution in [1.82, 2.24) is 25.1 Å². The van der Waals surface area contributed by atoms with Gasteiger partial charge in [-0.25, -0.2) is 0 Å². The van der Waals surface area contributed by atoms with Gasteiger partial charge in [-0.05, 0) is 6.07 Å². The third-order valence-electron chi connectivity index (χ3n) is 4.64. The Kier molecular flexibility index (Phi) is 6.84. The number of benzene rings is 2. The van der Waals surface area contributed by atoms with Crippen LogP contribution in [0.15, 0.2) is 60.7 Å². The molecule has 0 saturated carbocycles. The second-order valence-electron chi connectivity index (χ2n) is 6.87. The van der Waals surface area contributed by atoms with E-state index in [0.29, 0.717) is 34.6 Å². The summed E-state index contributed by atoms with van der Waals surface area (Å²) in [5, 5.41) is 15.5. The van der Waals surface area contributed by atoms with Gasteiger partial charge in [-0.2, -0.15) is 4.52 Å². The highest BCUT2D eigenvalue weighted by Crippen LogP contribution is 2.27. The topological polar surface area (TPSA) is 109 Å². The number of ether oxygens (including phenoxy) is 4. The van der Waals surface area contributed by atoms with Crippen LogP contribution < -0.4 is 24.3 Å². The van der Waals surface area contributed by atoms with Crippen molar-refractivity contribution in [2.24, 2.45) is 0 Å². The van der Waals surface area contributed by atoms with E-state index in [9.17, 15) is 4.79 Å². The van der Waals surface area contributed by atoms with E-state index in [1.807, 2.05) is 30.3 Å². The van der Waals surface area contributed by atoms with E-state index in [-0.39, 0.29) is 25.7 Å². The summed E-state index contributed by atoms with van der Waals surface area (Å²) in [6.07, 6.45) is 0. The normalized spacial score (nSPS) is 10.6. The zero-order valence-electron chi connectivity index (χ0n) is 18.2. The number of aromatic nitrogens is 4. The molecule has 0 radical (unpaired) electrons. The molecule has 0 aliphatic carbocycles. The molecular weight excluding hydrogens is 426 g/mol. The number of methoxy groups -OCH3 is 2. The molecule has 1 N–H and O–H groups in total. The van der Waals surface area contributed by atoms with Crippen LogP contribution in [-0.4, -0.2) is 59.7 Å². The number of hydrogen-bond donors (Lipinski definition) is 1. The lowest BCUT2D eigenvalue weighted by Gasteiger charge is -2.11. The number of nitrogens with zero attached hydrogens (tertiary/aromatic N) is 4. The first-order chi connectivity index (χ1) is 16.2. The lowest BCUT2D eigenvalue weighted by Crippen LogP contribution is -2.32. The number of carbonyl (C=O) groups is 1. The number of hydrogen-bond acceptors (Lipinski definition) is 8. The van der Waals surface area contributed by atoms with Crippen LogP contribution in [0.3, 0.4) is 0 Å². The fourth-order valence-corrected chi connectivity index (χ4v) is 3.03. The van der Waals surface area contributed by atoms with E-state index >= 15 is 0 Å². The van der Waals surface area contributed by atoms with Gasteiger partial charge in [0.2, 0.25) is 5.88 Å². The summed E-state index contributed by atoms with van der Waals surface area (Å²) in [4.78, 5) is 12.1. The van der Waals surface area contributed by atoms with Gasteiger partial charge in [-0.3, -0.25) is 4.79 Å². The predicted molar refractivity (Wildman–Crippen MR) is 120 cm³/mol. The van der Waals surface area contributed by atoms with Gasteiger partial charge in [-0.15, -0.1) is 15.3 Å². The van der Waals surface area contributed by atoms with Crippen LogP contribution in [0.4, 0.5) is 0 Å². The summed E-state index contributed by atoms with van der Waals surface area (Å²) in [6, 6.07) is 18.2. The maximum atomic E-state index is 12.1. The van der Waals surface area contributed by atoms with E-state index < -0.39 is 0 Å². The molecule has 2 heterocycles. The van der Waals surface area contributed by atoms with Crippen LogP contribution >= 0.6 is 0 Å². The molecule has 2 aromatic heterocycles. The van der Waals surface area contributed by atoms with Crippen LogP contribution in [0.1, 0.15) is 0 Å². The monoisotopic (exact) mass is 449 g/mol. The molecule has 0 fully saturated rings. The van der Waals surface area contributed by atoms with Crippen molar-refractivity contribution >= 4 is 11.6 Å². The molecule has 10 heteroatoms. The Bertz CT molecular complexity index is 1210. The van der Waals surface area contributed by atoms with Crippen molar-refractivity contribution in [3.8, 4) is 34.5 Å². The molecule has 0 bridgehead atoms. The minimum atomic E-state index is -0.283. The number of rotatable bonds is 10. The van der Waals surface area contributed by atoms with Gasteiger partial charge in [0.05, 0.1) is 20.8 Å². The van der Waals surface area contributed by atoms with Crippen molar-refractivity contribution in [2.45, 2.75) is 0 Å². The molecule has 10 nitrogen and oxygen atoms in total. The van der Waals surface area contributed by atoms with Crippen molar-refractivity contribution in [2.75, 3.05) is 34.0 Å². The summed E-state index contributed by atoms with van der Waals surface area (Å²) < 4.78 is 23.2. The zero-order valence-corrected chi connectivity index (χ0v) is 18.2. The average molecular weight is 449 g/mol. The van der Waals surface area contributed by atoms with Crippen LogP contribution in [0.5, 0.6) is 23.1 Å². The van der Waals surface area contributed by atoms with Gasteiger partial charge in [0.1, 0.15) is 23.9 Å². The molecule has 4 aromatic rings. The maximum Gasteiger partial charge on any atom is 0.258 e. The van der Waals surface area contributed by atoms with Crippen molar-refractivity contribution < 1.29 is 23.7 Å². The lowest BCUT2D eigenvalue weighted by molar-refractivity contribution is -0.123. The summed E-state index contributed by atoms with van der Waals surface area (Å²) in [7, 11) is 3.09. The molecule has 170 valence electrons. The highest BCUT2D eigenvalue weighted by molar-refractivity contribution is 5.77. The third kappa shape index (κ3) is 5.48. The quantitative estimate of drug-likeness (QED) is 0.368. The fourth-order valence-electron chi connectivity index (χ4n) is 3.03. The van der Waals surface area contributed by atoms with Crippen molar-refractivity contribution in [3.63, 3.8) is 0 Å². The molecule has 33 heavy (non-hydrogen) atoms. The standard InChI is InChI=1S/C23H23N5O5/c1-30-17-12-18(31-2)14-19(13-17)33-15-21(29)24-10-11-32-22-9-8-20-25-26-23(28(20)27-22)16-6-4-3-5-7-16/h3-9,12-14H,10-11,15H2,1-2H3,(H,24,29). The van der Waals surface area contributed by atoms with Crippen molar-refractivity contribution in [3.05, 3.63) is 60.7 Å². The number of nitrogens with one attached hydrogen (secondary N) is 1. The van der Waals surface area contributed by atoms with Crippen LogP contribution in [-0.2, 0) is 4.79 Å². The highest BCUT2D eigenvalue weighted by Gasteiger charge is 2.10. The molecular formula is C23H23N5O5. The number of carbonyl (C=O) groups excluding carboxylic acids is 1. The highest BCUT2D eigenvalue weighted by atomic mass is 16.5. The van der Waals surface area contributed by atoms with Crippen LogP contribution in [0.25, 0.3) is 17.0 Å². The van der Waals surface area contributed by atoms with Crippen LogP contribution in [0, 0.1) is 0 Å². The molecule has 0 aliphatic rings. The van der Waals surface area contributed by atoms with E-state index in [2.05, 4.69) is 20.6 Å². The molecule has 0 spiro atoms. The Balaban J connectivity index is 1.27. The Hall–Kier alpha value is -4.34. The second kappa shape index (κ2) is 10.3. The first-order valence-corrected chi connectivity index (χ1v) is 10.2. The molecule has 4 rings (SSSR count). The fraction of sp³-hybridized carbons (Fsp3) is 0.217. The zero-order chi connectivity index (χ0) is 23.0. The van der Waals surface area contributed by atoms with E-state index in [4.69, 9.17) is 18.9 Å². The summed E-state index contributed by atoms with van der Waals surface area (Å²) in [5.74, 6) is 2.36. The minimum absolute atomic E-state index is 0.151. The van der Waals surface area contributed by atoms with Gasteiger partial charge >= 0.3 is 0 Å². The Morgan fingerprint density at radius 1 is 0.909 bits per heavy atom. The summed E-state index contributed by atoms with van der Waals surface area (Å²) >= 11 is 0. The number of amides is 1. The van der Waals surface area contributed by atoms with Gasteiger partial charge in [-0.1, -0.05) is 30.3 Å². The van der Waals surface area contributed by atoms with E-state index in [1.54, 1.807) is 49.1 Å². The Morgan fingerprint density at radius 2 is 1.64 bits per heavy atom. The average Bonchev–Trinajstić information content (AvgIpc) is 3.29. The van der Waals surface area contributed by atoms with Gasteiger partial charge in [0.25, 0.3) is 5.91 Å². The molecule has 1 amide bonds. The first-order valence-electron chi connectivity index (χ1n) is 10.2. The van der Waals surface area contributed by atoms with Crippen molar-refractivity contribution in [1.29, 1.82) is 0 Å². The molecule has 0 aliphatic heterocycles. The largest absolute Gasteiger partial charge is 0.496 e. The lowest BCUT2D eigenvalue weighted by atomic mass is 10.2. The molecule has 0 saturated heterocycles. The summed E-state index contributed by atoms with van der Waals surface area (Å²) in [6.45, 7) is 0.374. The van der Waals surface area contributed by atoms with E-state index in [1.165, 1.54) is 0 Å². The van der Waals surface area contributed by atoms with E-state index in [0.717, 1.165) is 5.56 Å². The predicted octanol–water partition coefficient (Wildman–Crippen LogP) is 2.38. The Morgan fingerprint density at radius 3 is 2.36 bits per heavy atom. The number of fused-ring (bicyclic) bond motifs is 1. The second-order valence-corrected chi connectivity index (χ2v) is 6.87. The molecule has 0 atom stereocenters. The molecule has 2 aromatic carbocycles. The molecule has 0 unspecified atom stereocenters. The minimum Gasteiger partial charge on any atom is -0.496 e. The van der Waals surface area contributed by atoms with Gasteiger partial charge < -0.3 is 24.3 Å². The third-order valence-corrected chi connectivity index (χ3v) is 4.64. The van der Waals surface area contributed by atoms with Crippen LogP contribution in [0.2, 0.25) is 0 Å². The smallest absolute Gasteiger partial charge is 0.258 e. The SMILES string of the molecule is COc1cc(OC)cc(OCC(=O)NCCOc2ccc3nnc(-c4ccccc4)n3n2)c1. The van der Waals surface area contributed by atoms with Gasteiger partial charge in [0, 0.05) is 29.8 Å².